The Labute approximate surface area is 146 Å². The molecule has 0 saturated heterocycles. The Morgan fingerprint density at radius 3 is 2.24 bits per heavy atom. The fourth-order valence-electron chi connectivity index (χ4n) is 2.15. The smallest absolute Gasteiger partial charge is 0.344 e. The predicted molar refractivity (Wildman–Crippen MR) is 94.2 cm³/mol. The molecule has 1 unspecified atom stereocenters. The van der Waals surface area contributed by atoms with E-state index in [1.807, 2.05) is 30.3 Å². The molecule has 2 aromatic carbocycles. The number of hydrogen-bond donors (Lipinski definition) is 3. The number of methoxy groups -OCH3 is 2. The molecule has 2 rings (SSSR count). The number of benzene rings is 2. The molecule has 0 heterocycles. The number of carboxylic acids is 1. The number of carbonyl (C=O) groups is 1. The van der Waals surface area contributed by atoms with Crippen LogP contribution in [0.1, 0.15) is 12.5 Å². The molecule has 0 aliphatic carbocycles. The van der Waals surface area contributed by atoms with Crippen molar-refractivity contribution in [2.24, 2.45) is 0 Å². The molecule has 134 valence electrons. The molecule has 7 heteroatoms. The second-order valence-corrected chi connectivity index (χ2v) is 5.27. The van der Waals surface area contributed by atoms with Gasteiger partial charge in [-0.2, -0.15) is 0 Å². The summed E-state index contributed by atoms with van der Waals surface area (Å²) < 4.78 is 16.1. The number of rotatable bonds is 9. The minimum absolute atomic E-state index is 0.264. The zero-order valence-corrected chi connectivity index (χ0v) is 14.4. The summed E-state index contributed by atoms with van der Waals surface area (Å²) in [5.41, 5.74) is 8.02. The molecule has 0 aliphatic rings. The van der Waals surface area contributed by atoms with E-state index < -0.39 is 12.1 Å². The first-order chi connectivity index (χ1) is 12.0. The maximum Gasteiger partial charge on any atom is 0.344 e. The van der Waals surface area contributed by atoms with E-state index in [9.17, 15) is 4.79 Å². The predicted octanol–water partition coefficient (Wildman–Crippen LogP) is 2.67. The van der Waals surface area contributed by atoms with Crippen molar-refractivity contribution in [2.75, 3.05) is 19.6 Å². The van der Waals surface area contributed by atoms with E-state index in [-0.39, 0.29) is 5.75 Å². The molecule has 0 aromatic heterocycles. The Balaban J connectivity index is 2.13. The SMILES string of the molecule is COc1cc(CNNc2ccccc2)cc(OC)c1OC(C)C(=O)O. The maximum atomic E-state index is 11.0. The average Bonchev–Trinajstić information content (AvgIpc) is 2.63. The Kier molecular flexibility index (Phi) is 6.47. The van der Waals surface area contributed by atoms with Crippen LogP contribution in [0, 0.1) is 0 Å². The van der Waals surface area contributed by atoms with Gasteiger partial charge in [0.05, 0.1) is 14.2 Å². The van der Waals surface area contributed by atoms with Gasteiger partial charge in [0.25, 0.3) is 0 Å². The molecule has 0 fully saturated rings. The lowest BCUT2D eigenvalue weighted by atomic mass is 10.1. The molecule has 0 saturated carbocycles. The molecular weight excluding hydrogens is 324 g/mol. The summed E-state index contributed by atoms with van der Waals surface area (Å²) in [6.45, 7) is 1.94. The topological polar surface area (TPSA) is 89.0 Å². The Morgan fingerprint density at radius 1 is 1.12 bits per heavy atom. The minimum atomic E-state index is -1.07. The summed E-state index contributed by atoms with van der Waals surface area (Å²) in [5, 5.41) is 9.02. The van der Waals surface area contributed by atoms with Crippen LogP contribution in [0.25, 0.3) is 0 Å². The lowest BCUT2D eigenvalue weighted by Crippen LogP contribution is -2.24. The second kappa shape index (κ2) is 8.79. The number of nitrogens with one attached hydrogen (secondary N) is 2. The standard InChI is InChI=1S/C18H22N2O5/c1-12(18(21)22)25-17-15(23-2)9-13(10-16(17)24-3)11-19-20-14-7-5-4-6-8-14/h4-10,12,19-20H,11H2,1-3H3,(H,21,22). The summed E-state index contributed by atoms with van der Waals surface area (Å²) in [4.78, 5) is 11.0. The number of ether oxygens (including phenoxy) is 3. The van der Waals surface area contributed by atoms with Crippen LogP contribution in [0.5, 0.6) is 17.2 Å². The lowest BCUT2D eigenvalue weighted by molar-refractivity contribution is -0.144. The molecule has 7 nitrogen and oxygen atoms in total. The molecule has 0 amide bonds. The van der Waals surface area contributed by atoms with Gasteiger partial charge in [0.15, 0.2) is 17.6 Å². The summed E-state index contributed by atoms with van der Waals surface area (Å²) >= 11 is 0. The molecule has 0 bridgehead atoms. The first kappa shape index (κ1) is 18.4. The fourth-order valence-corrected chi connectivity index (χ4v) is 2.15. The third-order valence-corrected chi connectivity index (χ3v) is 3.46. The second-order valence-electron chi connectivity index (χ2n) is 5.27. The van der Waals surface area contributed by atoms with Crippen molar-refractivity contribution in [1.29, 1.82) is 0 Å². The van der Waals surface area contributed by atoms with Crippen LogP contribution in [0.3, 0.4) is 0 Å². The molecule has 0 aliphatic heterocycles. The number of para-hydroxylation sites is 1. The van der Waals surface area contributed by atoms with Gasteiger partial charge in [-0.05, 0) is 36.8 Å². The number of aliphatic carboxylic acids is 1. The molecule has 0 spiro atoms. The quantitative estimate of drug-likeness (QED) is 0.602. The molecule has 25 heavy (non-hydrogen) atoms. The highest BCUT2D eigenvalue weighted by Gasteiger charge is 2.20. The fraction of sp³-hybridized carbons (Fsp3) is 0.278. The van der Waals surface area contributed by atoms with E-state index >= 15 is 0 Å². The molecule has 2 aromatic rings. The molecular formula is C18H22N2O5. The summed E-state index contributed by atoms with van der Waals surface area (Å²) in [6.07, 6.45) is -1.02. The van der Waals surface area contributed by atoms with Gasteiger partial charge in [-0.3, -0.25) is 0 Å². The van der Waals surface area contributed by atoms with Crippen LogP contribution < -0.4 is 25.1 Å². The van der Waals surface area contributed by atoms with Gasteiger partial charge < -0.3 is 24.7 Å². The first-order valence-electron chi connectivity index (χ1n) is 7.73. The van der Waals surface area contributed by atoms with E-state index in [0.717, 1.165) is 11.3 Å². The Bertz CT molecular complexity index is 681. The van der Waals surface area contributed by atoms with Crippen LogP contribution in [-0.4, -0.2) is 31.4 Å². The normalized spacial score (nSPS) is 11.5. The van der Waals surface area contributed by atoms with Crippen molar-refractivity contribution < 1.29 is 24.1 Å². The van der Waals surface area contributed by atoms with Gasteiger partial charge in [-0.1, -0.05) is 18.2 Å². The van der Waals surface area contributed by atoms with Crippen LogP contribution in [0.2, 0.25) is 0 Å². The third-order valence-electron chi connectivity index (χ3n) is 3.46. The van der Waals surface area contributed by atoms with Gasteiger partial charge in [0.1, 0.15) is 0 Å². The highest BCUT2D eigenvalue weighted by Crippen LogP contribution is 2.39. The number of hydrogen-bond acceptors (Lipinski definition) is 6. The maximum absolute atomic E-state index is 11.0. The molecule has 3 N–H and O–H groups in total. The largest absolute Gasteiger partial charge is 0.493 e. The van der Waals surface area contributed by atoms with Crippen molar-refractivity contribution in [1.82, 2.24) is 5.43 Å². The molecule has 1 atom stereocenters. The lowest BCUT2D eigenvalue weighted by Gasteiger charge is -2.18. The first-order valence-corrected chi connectivity index (χ1v) is 7.73. The van der Waals surface area contributed by atoms with Crippen LogP contribution >= 0.6 is 0 Å². The zero-order chi connectivity index (χ0) is 18.2. The monoisotopic (exact) mass is 346 g/mol. The van der Waals surface area contributed by atoms with Crippen LogP contribution in [0.4, 0.5) is 5.69 Å². The number of carboxylic acid groups (broad SMARTS) is 1. The van der Waals surface area contributed by atoms with Crippen molar-refractivity contribution in [3.05, 3.63) is 48.0 Å². The summed E-state index contributed by atoms with van der Waals surface area (Å²) in [7, 11) is 2.99. The van der Waals surface area contributed by atoms with Gasteiger partial charge in [0.2, 0.25) is 5.75 Å². The van der Waals surface area contributed by atoms with Gasteiger partial charge in [0, 0.05) is 12.2 Å². The van der Waals surface area contributed by atoms with Gasteiger partial charge in [-0.25, -0.2) is 10.2 Å². The van der Waals surface area contributed by atoms with Crippen molar-refractivity contribution >= 4 is 11.7 Å². The number of anilines is 1. The van der Waals surface area contributed by atoms with E-state index in [1.165, 1.54) is 21.1 Å². The van der Waals surface area contributed by atoms with Gasteiger partial charge in [-0.15, -0.1) is 0 Å². The highest BCUT2D eigenvalue weighted by atomic mass is 16.6. The summed E-state index contributed by atoms with van der Waals surface area (Å²) in [5.74, 6) is 0.00880. The van der Waals surface area contributed by atoms with Crippen LogP contribution in [0.15, 0.2) is 42.5 Å². The molecule has 0 radical (unpaired) electrons. The van der Waals surface area contributed by atoms with Gasteiger partial charge >= 0.3 is 5.97 Å². The van der Waals surface area contributed by atoms with Crippen molar-refractivity contribution in [3.8, 4) is 17.2 Å². The van der Waals surface area contributed by atoms with Crippen molar-refractivity contribution in [3.63, 3.8) is 0 Å². The Hall–Kier alpha value is -2.93. The highest BCUT2D eigenvalue weighted by molar-refractivity contribution is 5.72. The van der Waals surface area contributed by atoms with E-state index in [2.05, 4.69) is 10.9 Å². The zero-order valence-electron chi connectivity index (χ0n) is 14.4. The van der Waals surface area contributed by atoms with Crippen LogP contribution in [-0.2, 0) is 11.3 Å². The van der Waals surface area contributed by atoms with Crippen molar-refractivity contribution in [2.45, 2.75) is 19.6 Å². The average molecular weight is 346 g/mol. The van der Waals surface area contributed by atoms with E-state index in [0.29, 0.717) is 18.0 Å². The number of hydrazine groups is 1. The minimum Gasteiger partial charge on any atom is -0.493 e. The third kappa shape index (κ3) is 5.02. The van der Waals surface area contributed by atoms with E-state index in [1.54, 1.807) is 12.1 Å². The Morgan fingerprint density at radius 2 is 1.72 bits per heavy atom. The van der Waals surface area contributed by atoms with E-state index in [4.69, 9.17) is 19.3 Å². The summed E-state index contributed by atoms with van der Waals surface area (Å²) in [6, 6.07) is 13.2.